The molecular weight excluding hydrogens is 468 g/mol. The van der Waals surface area contributed by atoms with Crippen LogP contribution in [0.3, 0.4) is 0 Å². The van der Waals surface area contributed by atoms with Crippen LogP contribution in [0.4, 0.5) is 25.0 Å². The van der Waals surface area contributed by atoms with Crippen LogP contribution in [-0.2, 0) is 14.3 Å². The number of cyclic esters (lactones) is 1. The number of benzene rings is 1. The molecule has 3 N–H and O–H groups in total. The van der Waals surface area contributed by atoms with Crippen LogP contribution in [0.5, 0.6) is 0 Å². The van der Waals surface area contributed by atoms with Crippen LogP contribution in [0.15, 0.2) is 12.1 Å². The summed E-state index contributed by atoms with van der Waals surface area (Å²) >= 11 is 5.00. The maximum Gasteiger partial charge on any atom is 0.414 e. The highest BCUT2D eigenvalue weighted by Gasteiger charge is 2.34. The van der Waals surface area contributed by atoms with Gasteiger partial charge in [0.15, 0.2) is 16.7 Å². The molecule has 0 spiro atoms. The first-order valence-electron chi connectivity index (χ1n) is 11.2. The van der Waals surface area contributed by atoms with Crippen LogP contribution >= 0.6 is 12.2 Å². The molecule has 188 valence electrons. The minimum Gasteiger partial charge on any atom is -0.490 e. The first-order chi connectivity index (χ1) is 16.1. The van der Waals surface area contributed by atoms with E-state index in [1.54, 1.807) is 0 Å². The van der Waals surface area contributed by atoms with Crippen LogP contribution in [-0.4, -0.2) is 74.0 Å². The highest BCUT2D eigenvalue weighted by atomic mass is 32.1. The second kappa shape index (κ2) is 11.2. The molecule has 0 aliphatic carbocycles. The first kappa shape index (κ1) is 26.0. The number of hydrogen-bond acceptors (Lipinski definition) is 8. The molecule has 1 aromatic rings. The van der Waals surface area contributed by atoms with E-state index in [2.05, 4.69) is 5.43 Å². The summed E-state index contributed by atoms with van der Waals surface area (Å²) in [6.45, 7) is 4.87. The lowest BCUT2D eigenvalue weighted by molar-refractivity contribution is -0.136. The van der Waals surface area contributed by atoms with E-state index < -0.39 is 29.9 Å². The average molecular weight is 500 g/mol. The summed E-state index contributed by atoms with van der Waals surface area (Å²) < 4.78 is 40.4. The van der Waals surface area contributed by atoms with Gasteiger partial charge in [0.1, 0.15) is 11.8 Å². The Morgan fingerprint density at radius 1 is 1.29 bits per heavy atom. The van der Waals surface area contributed by atoms with Crippen molar-refractivity contribution in [1.29, 1.82) is 0 Å². The predicted octanol–water partition coefficient (Wildman–Crippen LogP) is 2.18. The van der Waals surface area contributed by atoms with Crippen LogP contribution in [0.25, 0.3) is 0 Å². The number of amides is 2. The van der Waals surface area contributed by atoms with E-state index in [1.807, 2.05) is 13.8 Å². The summed E-state index contributed by atoms with van der Waals surface area (Å²) in [6, 6.07) is 1.58. The predicted molar refractivity (Wildman–Crippen MR) is 128 cm³/mol. The number of rotatable bonds is 7. The van der Waals surface area contributed by atoms with Gasteiger partial charge in [-0.25, -0.2) is 19.0 Å². The van der Waals surface area contributed by atoms with E-state index in [0.29, 0.717) is 24.4 Å². The van der Waals surface area contributed by atoms with Crippen LogP contribution in [0, 0.1) is 17.6 Å². The highest BCUT2D eigenvalue weighted by molar-refractivity contribution is 7.80. The fourth-order valence-corrected chi connectivity index (χ4v) is 4.00. The molecule has 2 aliphatic rings. The fraction of sp³-hybridized carbons (Fsp3) is 0.591. The van der Waals surface area contributed by atoms with Gasteiger partial charge >= 0.3 is 6.09 Å². The number of carbonyl (C=O) groups excluding carboxylic acids is 2. The van der Waals surface area contributed by atoms with Crippen molar-refractivity contribution in [2.75, 3.05) is 49.6 Å². The number of anilines is 2. The van der Waals surface area contributed by atoms with Crippen molar-refractivity contribution in [2.45, 2.75) is 38.8 Å². The van der Waals surface area contributed by atoms with Gasteiger partial charge in [0.2, 0.25) is 0 Å². The summed E-state index contributed by atoms with van der Waals surface area (Å²) in [7, 11) is 1.47. The number of nitrogens with one attached hydrogen (secondary N) is 1. The van der Waals surface area contributed by atoms with E-state index in [0.717, 1.165) is 12.1 Å². The summed E-state index contributed by atoms with van der Waals surface area (Å²) in [5.41, 5.74) is 8.80. The monoisotopic (exact) mass is 499 g/mol. The molecule has 12 heteroatoms. The molecular formula is C22H31F2N5O4S. The Kier molecular flexibility index (Phi) is 8.61. The Hall–Kier alpha value is -2.57. The summed E-state index contributed by atoms with van der Waals surface area (Å²) in [6.07, 6.45) is -0.239. The molecule has 0 aromatic heterocycles. The Labute approximate surface area is 203 Å². The van der Waals surface area contributed by atoms with Crippen molar-refractivity contribution >= 4 is 40.6 Å². The van der Waals surface area contributed by atoms with Gasteiger partial charge in [0.25, 0.3) is 5.91 Å². The number of hydrogen-bond donors (Lipinski definition) is 2. The maximum absolute atomic E-state index is 15.1. The number of thiocarbonyl (C=S) groups is 1. The third-order valence-corrected chi connectivity index (χ3v) is 6.32. The van der Waals surface area contributed by atoms with Crippen molar-refractivity contribution in [1.82, 2.24) is 10.4 Å². The first-order valence-corrected chi connectivity index (χ1v) is 11.6. The lowest BCUT2D eigenvalue weighted by Gasteiger charge is -2.27. The number of carbonyl (C=O) groups is 2. The fourth-order valence-electron chi connectivity index (χ4n) is 3.88. The molecule has 2 amide bonds. The van der Waals surface area contributed by atoms with Crippen molar-refractivity contribution in [3.05, 3.63) is 23.8 Å². The standard InChI is InChI=1S/C22H31F2N5O4S/c1-13(2)19(25)21(30)29-9-8-27(7-6-26-29)20-16(23)10-14(11-17(20)24)28-12-15(33-22(28)31)4-5-18(34)32-3/h10-11,13,15,19,26H,4-9,12,25H2,1-3H3/t15-,19-/m0/s1. The average Bonchev–Trinajstić information content (AvgIpc) is 3.00. The molecule has 2 saturated heterocycles. The van der Waals surface area contributed by atoms with Gasteiger partial charge in [-0.2, -0.15) is 0 Å². The van der Waals surface area contributed by atoms with E-state index in [1.165, 1.54) is 21.9 Å². The van der Waals surface area contributed by atoms with Gasteiger partial charge in [-0.3, -0.25) is 14.7 Å². The zero-order chi connectivity index (χ0) is 25.0. The van der Waals surface area contributed by atoms with Gasteiger partial charge in [0, 0.05) is 38.2 Å². The lowest BCUT2D eigenvalue weighted by atomic mass is 10.0. The van der Waals surface area contributed by atoms with E-state index in [-0.39, 0.29) is 49.4 Å². The number of ether oxygens (including phenoxy) is 2. The second-order valence-electron chi connectivity index (χ2n) is 8.64. The zero-order valence-corrected chi connectivity index (χ0v) is 20.4. The van der Waals surface area contributed by atoms with Crippen LogP contribution in [0.2, 0.25) is 0 Å². The molecule has 2 heterocycles. The molecule has 9 nitrogen and oxygen atoms in total. The van der Waals surface area contributed by atoms with Crippen molar-refractivity contribution < 1.29 is 27.8 Å². The molecule has 0 saturated carbocycles. The summed E-state index contributed by atoms with van der Waals surface area (Å²) in [5, 5.41) is 1.80. The van der Waals surface area contributed by atoms with Gasteiger partial charge < -0.3 is 20.1 Å². The smallest absolute Gasteiger partial charge is 0.414 e. The topological polar surface area (TPSA) is 100 Å². The van der Waals surface area contributed by atoms with Gasteiger partial charge in [-0.05, 0) is 24.6 Å². The van der Waals surface area contributed by atoms with Crippen molar-refractivity contribution in [3.8, 4) is 0 Å². The van der Waals surface area contributed by atoms with Gasteiger partial charge in [0.05, 0.1) is 31.9 Å². The number of nitrogens with two attached hydrogens (primary N) is 1. The molecule has 2 fully saturated rings. The highest BCUT2D eigenvalue weighted by Crippen LogP contribution is 2.31. The SMILES string of the molecule is COC(=S)CC[C@H]1CN(c2cc(F)c(N3CCNN(C(=O)[C@@H](N)C(C)C)CC3)c(F)c2)C(=O)O1. The number of methoxy groups -OCH3 is 1. The number of nitrogens with zero attached hydrogens (tertiary/aromatic N) is 3. The minimum atomic E-state index is -0.800. The molecule has 0 radical (unpaired) electrons. The molecule has 2 atom stereocenters. The largest absolute Gasteiger partial charge is 0.490 e. The van der Waals surface area contributed by atoms with E-state index >= 15 is 8.78 Å². The Bertz CT molecular complexity index is 912. The van der Waals surface area contributed by atoms with Crippen molar-refractivity contribution in [3.63, 3.8) is 0 Å². The summed E-state index contributed by atoms with van der Waals surface area (Å²) in [4.78, 5) is 27.5. The molecule has 2 aliphatic heterocycles. The minimum absolute atomic E-state index is 0.0375. The van der Waals surface area contributed by atoms with E-state index in [4.69, 9.17) is 27.4 Å². The number of hydrazine groups is 1. The summed E-state index contributed by atoms with van der Waals surface area (Å²) in [5.74, 6) is -1.90. The number of halogens is 2. The third kappa shape index (κ3) is 5.91. The van der Waals surface area contributed by atoms with E-state index in [9.17, 15) is 9.59 Å². The molecule has 0 bridgehead atoms. The Balaban J connectivity index is 1.69. The van der Waals surface area contributed by atoms with Gasteiger partial charge in [-0.15, -0.1) is 0 Å². The van der Waals surface area contributed by atoms with Crippen LogP contribution in [0.1, 0.15) is 26.7 Å². The maximum atomic E-state index is 15.1. The quantitative estimate of drug-likeness (QED) is 0.551. The van der Waals surface area contributed by atoms with Crippen molar-refractivity contribution in [2.24, 2.45) is 11.7 Å². The Morgan fingerprint density at radius 2 is 1.97 bits per heavy atom. The molecule has 34 heavy (non-hydrogen) atoms. The molecule has 0 unspecified atom stereocenters. The van der Waals surface area contributed by atoms with Crippen LogP contribution < -0.4 is 21.0 Å². The Morgan fingerprint density at radius 3 is 2.59 bits per heavy atom. The molecule has 1 aromatic carbocycles. The van der Waals surface area contributed by atoms with Gasteiger partial charge in [-0.1, -0.05) is 13.8 Å². The second-order valence-corrected chi connectivity index (χ2v) is 9.10. The third-order valence-electron chi connectivity index (χ3n) is 5.95. The normalized spacial score (nSPS) is 19.8. The zero-order valence-electron chi connectivity index (χ0n) is 19.6. The lowest BCUT2D eigenvalue weighted by Crippen LogP contribution is -2.52. The molecule has 3 rings (SSSR count).